The Labute approximate surface area is 494 Å². The summed E-state index contributed by atoms with van der Waals surface area (Å²) in [5.74, 6) is 0. The first kappa shape index (κ1) is 49.7. The molecular formula is C81H58N2S. The Morgan fingerprint density at radius 1 is 0.274 bits per heavy atom. The van der Waals surface area contributed by atoms with Gasteiger partial charge in [0.05, 0.1) is 5.69 Å². The highest BCUT2D eigenvalue weighted by Gasteiger charge is 2.37. The number of anilines is 6. The summed E-state index contributed by atoms with van der Waals surface area (Å²) in [7, 11) is 0. The SMILES string of the molecule is Cc1cc(-c2ccc3sc4ccccc4c3c2)ccc1-c1ccc(N(c2ccc(-c3ccc4c5ccccc5c5ccccc5c4c3)cc2)c2ccc3c(c2)C(C)(C)c2cc(N(c4ccccc4)c4cccc5ccccc45)ccc2-3)cc1C. The van der Waals surface area contributed by atoms with Gasteiger partial charge in [-0.3, -0.25) is 0 Å². The van der Waals surface area contributed by atoms with Crippen molar-refractivity contribution in [3.05, 3.63) is 301 Å². The molecule has 1 heterocycles. The van der Waals surface area contributed by atoms with E-state index in [0.29, 0.717) is 0 Å². The van der Waals surface area contributed by atoms with Crippen LogP contribution in [0, 0.1) is 13.8 Å². The van der Waals surface area contributed by atoms with E-state index in [4.69, 9.17) is 0 Å². The zero-order valence-corrected chi connectivity index (χ0v) is 48.2. The van der Waals surface area contributed by atoms with Gasteiger partial charge in [0.2, 0.25) is 0 Å². The summed E-state index contributed by atoms with van der Waals surface area (Å²) in [6.07, 6.45) is 0. The third-order valence-electron chi connectivity index (χ3n) is 18.1. The third-order valence-corrected chi connectivity index (χ3v) is 19.2. The molecule has 1 aliphatic rings. The Bertz CT molecular complexity index is 5100. The molecule has 1 aromatic heterocycles. The van der Waals surface area contributed by atoms with E-state index >= 15 is 0 Å². The molecular weight excluding hydrogens is 1030 g/mol. The van der Waals surface area contributed by atoms with Crippen molar-refractivity contribution < 1.29 is 0 Å². The maximum atomic E-state index is 2.46. The van der Waals surface area contributed by atoms with Crippen LogP contribution in [-0.4, -0.2) is 0 Å². The highest BCUT2D eigenvalue weighted by Crippen LogP contribution is 2.53. The minimum atomic E-state index is -0.300. The van der Waals surface area contributed by atoms with Gasteiger partial charge < -0.3 is 9.80 Å². The second kappa shape index (κ2) is 19.6. The first-order chi connectivity index (χ1) is 41.2. The molecule has 0 atom stereocenters. The van der Waals surface area contributed by atoms with Gasteiger partial charge in [0, 0.05) is 59.4 Å². The molecule has 398 valence electrons. The molecule has 0 saturated heterocycles. The number of rotatable bonds is 9. The van der Waals surface area contributed by atoms with Crippen molar-refractivity contribution in [2.75, 3.05) is 9.80 Å². The van der Waals surface area contributed by atoms with Crippen molar-refractivity contribution in [2.45, 2.75) is 33.1 Å². The fourth-order valence-corrected chi connectivity index (χ4v) is 15.0. The quantitative estimate of drug-likeness (QED) is 0.133. The van der Waals surface area contributed by atoms with E-state index in [0.717, 1.165) is 34.1 Å². The third kappa shape index (κ3) is 8.06. The van der Waals surface area contributed by atoms with E-state index < -0.39 is 0 Å². The average molecular weight is 1090 g/mol. The summed E-state index contributed by atoms with van der Waals surface area (Å²) < 4.78 is 2.66. The molecule has 0 bridgehead atoms. The molecule has 0 saturated carbocycles. The fraction of sp³-hybridized carbons (Fsp3) is 0.0617. The van der Waals surface area contributed by atoms with Crippen LogP contribution in [0.3, 0.4) is 0 Å². The van der Waals surface area contributed by atoms with Crippen molar-refractivity contribution in [1.82, 2.24) is 0 Å². The lowest BCUT2D eigenvalue weighted by Gasteiger charge is -2.30. The topological polar surface area (TPSA) is 6.48 Å². The highest BCUT2D eigenvalue weighted by atomic mass is 32.1. The molecule has 2 nitrogen and oxygen atoms in total. The molecule has 84 heavy (non-hydrogen) atoms. The van der Waals surface area contributed by atoms with E-state index in [1.165, 1.54) is 130 Å². The van der Waals surface area contributed by atoms with Crippen LogP contribution in [0.2, 0.25) is 0 Å². The molecule has 15 aromatic rings. The Morgan fingerprint density at radius 3 is 1.39 bits per heavy atom. The maximum absolute atomic E-state index is 2.46. The fourth-order valence-electron chi connectivity index (χ4n) is 13.9. The minimum absolute atomic E-state index is 0.300. The lowest BCUT2D eigenvalue weighted by Crippen LogP contribution is -2.17. The van der Waals surface area contributed by atoms with Crippen molar-refractivity contribution >= 4 is 109 Å². The smallest absolute Gasteiger partial charge is 0.0540 e. The lowest BCUT2D eigenvalue weighted by atomic mass is 9.82. The minimum Gasteiger partial charge on any atom is -0.310 e. The molecule has 0 amide bonds. The van der Waals surface area contributed by atoms with Gasteiger partial charge in [0.1, 0.15) is 0 Å². The highest BCUT2D eigenvalue weighted by molar-refractivity contribution is 7.25. The van der Waals surface area contributed by atoms with E-state index in [-0.39, 0.29) is 5.41 Å². The lowest BCUT2D eigenvalue weighted by molar-refractivity contribution is 0.660. The maximum Gasteiger partial charge on any atom is 0.0540 e. The van der Waals surface area contributed by atoms with Gasteiger partial charge in [-0.25, -0.2) is 0 Å². The Balaban J connectivity index is 0.791. The van der Waals surface area contributed by atoms with Gasteiger partial charge in [0.25, 0.3) is 0 Å². The number of thiophene rings is 1. The van der Waals surface area contributed by atoms with Crippen molar-refractivity contribution in [2.24, 2.45) is 0 Å². The number of fused-ring (bicyclic) bond motifs is 13. The standard InChI is InChI=1S/C81H58N2S/c1-51-45-55(57-33-44-80-75(48-57)73-26-14-15-28-79(73)84-80)31-39-63(51)64-41-36-60(46-52(64)2)82(59-34-29-53(30-35-59)56-32-40-70-68-24-11-10-22-66(68)67-23-12-13-25-69(67)74(70)47-56)61-37-42-71-72-43-38-62(50-77(72)81(3,4)76(71)49-61)83(58-19-6-5-7-20-58)78-27-16-18-54-17-8-9-21-65(54)78/h5-50H,1-4H3. The molecule has 0 N–H and O–H groups in total. The van der Waals surface area contributed by atoms with Crippen LogP contribution in [0.25, 0.3) is 108 Å². The molecule has 0 radical (unpaired) electrons. The molecule has 0 fully saturated rings. The first-order valence-electron chi connectivity index (χ1n) is 29.2. The summed E-state index contributed by atoms with van der Waals surface area (Å²) in [6, 6.07) is 104. The van der Waals surface area contributed by atoms with Crippen molar-refractivity contribution in [3.8, 4) is 44.5 Å². The summed E-state index contributed by atoms with van der Waals surface area (Å²) in [4.78, 5) is 4.89. The van der Waals surface area contributed by atoms with E-state index in [1.807, 2.05) is 11.3 Å². The van der Waals surface area contributed by atoms with Crippen molar-refractivity contribution in [3.63, 3.8) is 0 Å². The summed E-state index contributed by atoms with van der Waals surface area (Å²) in [6.45, 7) is 9.33. The normalized spacial score (nSPS) is 12.6. The van der Waals surface area contributed by atoms with Gasteiger partial charge in [-0.15, -0.1) is 11.3 Å². The second-order valence-electron chi connectivity index (χ2n) is 23.3. The number of hydrogen-bond donors (Lipinski definition) is 0. The molecule has 14 aromatic carbocycles. The Kier molecular flexibility index (Phi) is 11.6. The molecule has 0 spiro atoms. The monoisotopic (exact) mass is 1090 g/mol. The van der Waals surface area contributed by atoms with Gasteiger partial charge in [-0.2, -0.15) is 0 Å². The number of nitrogens with zero attached hydrogens (tertiary/aromatic N) is 2. The molecule has 0 aliphatic heterocycles. The summed E-state index contributed by atoms with van der Waals surface area (Å²) >= 11 is 1.87. The van der Waals surface area contributed by atoms with E-state index in [9.17, 15) is 0 Å². The average Bonchev–Trinajstić information content (AvgIpc) is 3.93. The predicted molar refractivity (Wildman–Crippen MR) is 362 cm³/mol. The zero-order valence-electron chi connectivity index (χ0n) is 47.4. The van der Waals surface area contributed by atoms with Crippen LogP contribution in [0.15, 0.2) is 279 Å². The van der Waals surface area contributed by atoms with Gasteiger partial charge in [-0.1, -0.05) is 202 Å². The van der Waals surface area contributed by atoms with Crippen LogP contribution < -0.4 is 9.80 Å². The molecule has 16 rings (SSSR count). The number of para-hydroxylation sites is 1. The van der Waals surface area contributed by atoms with E-state index in [1.54, 1.807) is 0 Å². The van der Waals surface area contributed by atoms with E-state index in [2.05, 4.69) is 317 Å². The van der Waals surface area contributed by atoms with Gasteiger partial charge >= 0.3 is 0 Å². The summed E-state index contributed by atoms with van der Waals surface area (Å²) in [5, 5.41) is 12.8. The van der Waals surface area contributed by atoms with Gasteiger partial charge in [-0.05, 0) is 209 Å². The first-order valence-corrected chi connectivity index (χ1v) is 30.0. The number of benzene rings is 14. The molecule has 0 unspecified atom stereocenters. The van der Waals surface area contributed by atoms with Crippen LogP contribution in [0.4, 0.5) is 34.1 Å². The van der Waals surface area contributed by atoms with Crippen LogP contribution >= 0.6 is 11.3 Å². The molecule has 3 heteroatoms. The number of aryl methyl sites for hydroxylation is 2. The number of hydrogen-bond acceptors (Lipinski definition) is 3. The second-order valence-corrected chi connectivity index (χ2v) is 24.4. The Morgan fingerprint density at radius 2 is 0.714 bits per heavy atom. The predicted octanol–water partition coefficient (Wildman–Crippen LogP) is 23.5. The molecule has 1 aliphatic carbocycles. The van der Waals surface area contributed by atoms with Crippen LogP contribution in [0.1, 0.15) is 36.1 Å². The van der Waals surface area contributed by atoms with Crippen molar-refractivity contribution in [1.29, 1.82) is 0 Å². The summed E-state index contributed by atoms with van der Waals surface area (Å²) in [5.41, 5.74) is 21.5. The van der Waals surface area contributed by atoms with Crippen LogP contribution in [-0.2, 0) is 5.41 Å². The Hall–Kier alpha value is -10.1. The van der Waals surface area contributed by atoms with Crippen LogP contribution in [0.5, 0.6) is 0 Å². The largest absolute Gasteiger partial charge is 0.310 e. The zero-order chi connectivity index (χ0) is 56.2. The van der Waals surface area contributed by atoms with Gasteiger partial charge in [0.15, 0.2) is 0 Å².